The van der Waals surface area contributed by atoms with Crippen LogP contribution in [0.4, 0.5) is 5.69 Å². The van der Waals surface area contributed by atoms with Crippen molar-refractivity contribution >= 4 is 27.5 Å². The third-order valence-electron chi connectivity index (χ3n) is 5.24. The van der Waals surface area contributed by atoms with E-state index in [1.54, 1.807) is 23.0 Å². The maximum absolute atomic E-state index is 12.9. The first-order chi connectivity index (χ1) is 15.2. The zero-order valence-corrected chi connectivity index (χ0v) is 18.8. The van der Waals surface area contributed by atoms with Crippen LogP contribution in [0.2, 0.25) is 0 Å². The Morgan fingerprint density at radius 2 is 1.78 bits per heavy atom. The summed E-state index contributed by atoms with van der Waals surface area (Å²) in [7, 11) is -2.72. The maximum atomic E-state index is 12.9. The molecule has 32 heavy (non-hydrogen) atoms. The normalized spacial score (nSPS) is 15.2. The summed E-state index contributed by atoms with van der Waals surface area (Å²) in [5.41, 5.74) is 4.57. The van der Waals surface area contributed by atoms with Gasteiger partial charge in [0.05, 0.1) is 24.1 Å². The van der Waals surface area contributed by atoms with Crippen molar-refractivity contribution in [1.82, 2.24) is 14.1 Å². The fourth-order valence-electron chi connectivity index (χ4n) is 3.30. The summed E-state index contributed by atoms with van der Waals surface area (Å²) in [6.07, 6.45) is 4.71. The number of rotatable bonds is 5. The molecule has 1 amide bonds. The maximum Gasteiger partial charge on any atom is 0.345 e. The molecule has 2 aromatic carbocycles. The smallest absolute Gasteiger partial charge is 0.318 e. The van der Waals surface area contributed by atoms with Crippen LogP contribution in [-0.4, -0.2) is 41.2 Å². The number of aromatic nitrogens is 2. The fraction of sp³-hybridized carbons (Fsp3) is 0.174. The Kier molecular flexibility index (Phi) is 5.67. The van der Waals surface area contributed by atoms with Crippen LogP contribution >= 0.6 is 0 Å². The molecule has 164 valence electrons. The van der Waals surface area contributed by atoms with Gasteiger partial charge in [-0.3, -0.25) is 9.48 Å². The van der Waals surface area contributed by atoms with Gasteiger partial charge in [-0.2, -0.15) is 13.5 Å². The van der Waals surface area contributed by atoms with Crippen molar-refractivity contribution in [2.75, 3.05) is 12.4 Å². The van der Waals surface area contributed by atoms with Gasteiger partial charge in [-0.25, -0.2) is 4.31 Å². The molecule has 1 aliphatic heterocycles. The van der Waals surface area contributed by atoms with E-state index in [2.05, 4.69) is 14.8 Å². The predicted octanol–water partition coefficient (Wildman–Crippen LogP) is 3.05. The Morgan fingerprint density at radius 1 is 1.06 bits per heavy atom. The van der Waals surface area contributed by atoms with Crippen molar-refractivity contribution in [3.63, 3.8) is 0 Å². The van der Waals surface area contributed by atoms with E-state index in [9.17, 15) is 13.2 Å². The molecule has 1 aromatic heterocycles. The highest BCUT2D eigenvalue weighted by Crippen LogP contribution is 2.21. The van der Waals surface area contributed by atoms with Crippen LogP contribution in [0.5, 0.6) is 0 Å². The molecule has 8 nitrogen and oxygen atoms in total. The molecule has 0 saturated heterocycles. The van der Waals surface area contributed by atoms with Crippen molar-refractivity contribution in [3.8, 4) is 0 Å². The number of nitrogens with one attached hydrogen (secondary N) is 1. The van der Waals surface area contributed by atoms with Crippen molar-refractivity contribution in [2.45, 2.75) is 20.4 Å². The average molecular weight is 450 g/mol. The van der Waals surface area contributed by atoms with Gasteiger partial charge in [0.25, 0.3) is 5.91 Å². The summed E-state index contributed by atoms with van der Waals surface area (Å²) in [6.45, 7) is 4.52. The van der Waals surface area contributed by atoms with E-state index in [-0.39, 0.29) is 11.4 Å². The lowest BCUT2D eigenvalue weighted by molar-refractivity contribution is -0.113. The second kappa shape index (κ2) is 8.43. The van der Waals surface area contributed by atoms with Crippen LogP contribution in [-0.2, 0) is 21.5 Å². The lowest BCUT2D eigenvalue weighted by Crippen LogP contribution is -2.35. The first-order valence-corrected chi connectivity index (χ1v) is 11.4. The largest absolute Gasteiger partial charge is 0.345 e. The first kappa shape index (κ1) is 21.5. The summed E-state index contributed by atoms with van der Waals surface area (Å²) >= 11 is 0. The van der Waals surface area contributed by atoms with Gasteiger partial charge in [-0.1, -0.05) is 54.1 Å². The Bertz CT molecular complexity index is 1340. The fourth-order valence-corrected chi connectivity index (χ4v) is 4.21. The van der Waals surface area contributed by atoms with Crippen LogP contribution in [0.15, 0.2) is 77.1 Å². The molecule has 0 unspecified atom stereocenters. The summed E-state index contributed by atoms with van der Waals surface area (Å²) < 4.78 is 31.5. The molecule has 0 aliphatic carbocycles. The minimum atomic E-state index is -4.02. The summed E-state index contributed by atoms with van der Waals surface area (Å²) in [4.78, 5) is 12.9. The molecule has 0 bridgehead atoms. The average Bonchev–Trinajstić information content (AvgIpc) is 3.19. The molecule has 0 atom stereocenters. The molecule has 3 aromatic rings. The molecule has 4 rings (SSSR count). The van der Waals surface area contributed by atoms with Gasteiger partial charge in [0.2, 0.25) is 0 Å². The molecular weight excluding hydrogens is 426 g/mol. The van der Waals surface area contributed by atoms with Crippen LogP contribution in [0, 0.1) is 13.8 Å². The molecule has 0 spiro atoms. The lowest BCUT2D eigenvalue weighted by Gasteiger charge is -2.23. The Labute approximate surface area is 187 Å². The SMILES string of the molecule is Cc1ccc(C2=NS(=O)(=O)N(C)C(C(=O)Nc3cnn(Cc4ccccc4C)c3)=C2)cc1. The van der Waals surface area contributed by atoms with Crippen LogP contribution in [0.25, 0.3) is 0 Å². The van der Waals surface area contributed by atoms with E-state index in [1.165, 1.54) is 19.3 Å². The number of carbonyl (C=O) groups is 1. The summed E-state index contributed by atoms with van der Waals surface area (Å²) in [6, 6.07) is 15.3. The van der Waals surface area contributed by atoms with Crippen molar-refractivity contribution in [2.24, 2.45) is 4.40 Å². The third-order valence-corrected chi connectivity index (χ3v) is 6.55. The van der Waals surface area contributed by atoms with Crippen molar-refractivity contribution < 1.29 is 13.2 Å². The van der Waals surface area contributed by atoms with Crippen molar-refractivity contribution in [1.29, 1.82) is 0 Å². The monoisotopic (exact) mass is 449 g/mol. The molecule has 0 radical (unpaired) electrons. The molecule has 1 N–H and O–H groups in total. The standard InChI is InChI=1S/C23H23N5O3S/c1-16-8-10-18(11-9-16)21-12-22(27(3)32(30,31)26-21)23(29)25-20-13-24-28(15-20)14-19-7-5-4-6-17(19)2/h4-13,15H,14H2,1-3H3,(H,25,29). The zero-order chi connectivity index (χ0) is 22.9. The minimum absolute atomic E-state index is 0.0257. The number of hydrogen-bond donors (Lipinski definition) is 1. The Hall–Kier alpha value is -3.72. The van der Waals surface area contributed by atoms with E-state index in [1.807, 2.05) is 50.2 Å². The molecule has 9 heteroatoms. The van der Waals surface area contributed by atoms with Gasteiger partial charge in [0, 0.05) is 18.8 Å². The molecule has 1 aliphatic rings. The summed E-state index contributed by atoms with van der Waals surface area (Å²) in [5.74, 6) is -0.564. The van der Waals surface area contributed by atoms with Gasteiger partial charge in [-0.15, -0.1) is 4.40 Å². The number of amides is 1. The van der Waals surface area contributed by atoms with Gasteiger partial charge in [-0.05, 0) is 31.1 Å². The summed E-state index contributed by atoms with van der Waals surface area (Å²) in [5, 5.41) is 7.03. The van der Waals surface area contributed by atoms with Gasteiger partial charge >= 0.3 is 10.2 Å². The second-order valence-electron chi connectivity index (χ2n) is 7.62. The van der Waals surface area contributed by atoms with E-state index in [0.717, 1.165) is 21.0 Å². The van der Waals surface area contributed by atoms with E-state index in [0.29, 0.717) is 17.8 Å². The lowest BCUT2D eigenvalue weighted by atomic mass is 10.1. The number of benzene rings is 2. The van der Waals surface area contributed by atoms with E-state index in [4.69, 9.17) is 0 Å². The van der Waals surface area contributed by atoms with Crippen molar-refractivity contribution in [3.05, 3.63) is 95.0 Å². The van der Waals surface area contributed by atoms with Crippen LogP contribution < -0.4 is 5.32 Å². The topological polar surface area (TPSA) is 96.7 Å². The Morgan fingerprint density at radius 3 is 2.50 bits per heavy atom. The van der Waals surface area contributed by atoms with Gasteiger partial charge in [0.15, 0.2) is 0 Å². The highest BCUT2D eigenvalue weighted by Gasteiger charge is 2.30. The molecule has 0 fully saturated rings. The first-order valence-electron chi connectivity index (χ1n) is 9.99. The van der Waals surface area contributed by atoms with Crippen LogP contribution in [0.1, 0.15) is 22.3 Å². The number of carbonyl (C=O) groups excluding carboxylic acids is 1. The van der Waals surface area contributed by atoms with Gasteiger partial charge in [0.1, 0.15) is 5.70 Å². The highest BCUT2D eigenvalue weighted by molar-refractivity contribution is 7.88. The number of hydrogen-bond acceptors (Lipinski definition) is 4. The number of aryl methyl sites for hydroxylation is 2. The number of nitrogens with zero attached hydrogens (tertiary/aromatic N) is 4. The predicted molar refractivity (Wildman–Crippen MR) is 124 cm³/mol. The molecule has 0 saturated carbocycles. The van der Waals surface area contributed by atoms with E-state index >= 15 is 0 Å². The van der Waals surface area contributed by atoms with E-state index < -0.39 is 16.1 Å². The van der Waals surface area contributed by atoms with Gasteiger partial charge < -0.3 is 5.32 Å². The number of allylic oxidation sites excluding steroid dienone is 1. The quantitative estimate of drug-likeness (QED) is 0.647. The minimum Gasteiger partial charge on any atom is -0.318 e. The number of likely N-dealkylation sites (N-methyl/N-ethyl adjacent to an activating group) is 1. The molecule has 2 heterocycles. The molecular formula is C23H23N5O3S. The third kappa shape index (κ3) is 4.47. The zero-order valence-electron chi connectivity index (χ0n) is 18.0. The van der Waals surface area contributed by atoms with Crippen LogP contribution in [0.3, 0.4) is 0 Å². The number of anilines is 1. The Balaban J connectivity index is 1.56. The second-order valence-corrected chi connectivity index (χ2v) is 9.25. The highest BCUT2D eigenvalue weighted by atomic mass is 32.2.